The highest BCUT2D eigenvalue weighted by molar-refractivity contribution is 9.10. The number of nitrogens with two attached hydrogens (primary N) is 1. The summed E-state index contributed by atoms with van der Waals surface area (Å²) in [6.07, 6.45) is 0.844. The summed E-state index contributed by atoms with van der Waals surface area (Å²) in [7, 11) is 0. The largest absolute Gasteiger partial charge is 0.271 e. The molecule has 0 aliphatic heterocycles. The molecule has 0 aliphatic rings. The molecule has 5 heteroatoms. The predicted molar refractivity (Wildman–Crippen MR) is 82.0 cm³/mol. The SMILES string of the molecule is Cc1cc(Br)ccc1C(Cc1ccc(Cl)s1)NN. The minimum atomic E-state index is 0.104. The molecule has 0 spiro atoms. The van der Waals surface area contributed by atoms with Gasteiger partial charge in [-0.05, 0) is 42.3 Å². The fraction of sp³-hybridized carbons (Fsp3) is 0.231. The van der Waals surface area contributed by atoms with Crippen LogP contribution in [-0.2, 0) is 6.42 Å². The van der Waals surface area contributed by atoms with Crippen LogP contribution in [-0.4, -0.2) is 0 Å². The van der Waals surface area contributed by atoms with Crippen LogP contribution < -0.4 is 11.3 Å². The Morgan fingerprint density at radius 2 is 2.17 bits per heavy atom. The van der Waals surface area contributed by atoms with Gasteiger partial charge in [0.2, 0.25) is 0 Å². The van der Waals surface area contributed by atoms with Crippen LogP contribution in [0.5, 0.6) is 0 Å². The molecule has 0 aliphatic carbocycles. The summed E-state index contributed by atoms with van der Waals surface area (Å²) in [5, 5.41) is 0. The Morgan fingerprint density at radius 1 is 1.39 bits per heavy atom. The summed E-state index contributed by atoms with van der Waals surface area (Å²) in [6, 6.07) is 10.3. The Balaban J connectivity index is 2.22. The molecular formula is C13H14BrClN2S. The maximum Gasteiger partial charge on any atom is 0.0931 e. The second-order valence-electron chi connectivity index (χ2n) is 4.13. The van der Waals surface area contributed by atoms with E-state index in [2.05, 4.69) is 40.4 Å². The second kappa shape index (κ2) is 6.17. The van der Waals surface area contributed by atoms with E-state index >= 15 is 0 Å². The van der Waals surface area contributed by atoms with Gasteiger partial charge in [-0.15, -0.1) is 11.3 Å². The number of hydrogen-bond donors (Lipinski definition) is 2. The lowest BCUT2D eigenvalue weighted by atomic mass is 9.99. The van der Waals surface area contributed by atoms with Gasteiger partial charge < -0.3 is 0 Å². The predicted octanol–water partition coefficient (Wildman–Crippen LogP) is 4.22. The van der Waals surface area contributed by atoms with Crippen LogP contribution in [0.25, 0.3) is 0 Å². The maximum atomic E-state index is 5.95. The smallest absolute Gasteiger partial charge is 0.0931 e. The molecular weight excluding hydrogens is 332 g/mol. The van der Waals surface area contributed by atoms with Crippen molar-refractivity contribution in [2.75, 3.05) is 0 Å². The van der Waals surface area contributed by atoms with E-state index in [0.29, 0.717) is 0 Å². The third kappa shape index (κ3) is 3.33. The summed E-state index contributed by atoms with van der Waals surface area (Å²) in [5.74, 6) is 5.68. The van der Waals surface area contributed by atoms with Crippen molar-refractivity contribution in [1.82, 2.24) is 5.43 Å². The van der Waals surface area contributed by atoms with E-state index in [1.807, 2.05) is 18.2 Å². The molecule has 0 bridgehead atoms. The summed E-state index contributed by atoms with van der Waals surface area (Å²) in [5.41, 5.74) is 5.32. The zero-order valence-corrected chi connectivity index (χ0v) is 13.1. The molecule has 0 saturated heterocycles. The molecule has 1 heterocycles. The van der Waals surface area contributed by atoms with Gasteiger partial charge in [-0.3, -0.25) is 11.3 Å². The summed E-state index contributed by atoms with van der Waals surface area (Å²) in [6.45, 7) is 2.09. The first-order valence-electron chi connectivity index (χ1n) is 5.56. The quantitative estimate of drug-likeness (QED) is 0.643. The first kappa shape index (κ1) is 14.0. The van der Waals surface area contributed by atoms with Crippen molar-refractivity contribution < 1.29 is 0 Å². The minimum absolute atomic E-state index is 0.104. The lowest BCUT2D eigenvalue weighted by molar-refractivity contribution is 0.553. The molecule has 3 N–H and O–H groups in total. The maximum absolute atomic E-state index is 5.95. The molecule has 2 aromatic rings. The van der Waals surface area contributed by atoms with E-state index < -0.39 is 0 Å². The van der Waals surface area contributed by atoms with Crippen molar-refractivity contribution in [1.29, 1.82) is 0 Å². The molecule has 0 radical (unpaired) electrons. The van der Waals surface area contributed by atoms with Gasteiger partial charge in [0.15, 0.2) is 0 Å². The number of benzene rings is 1. The molecule has 2 rings (SSSR count). The number of thiophene rings is 1. The zero-order chi connectivity index (χ0) is 13.1. The van der Waals surface area contributed by atoms with E-state index in [0.717, 1.165) is 15.2 Å². The molecule has 0 saturated carbocycles. The Labute approximate surface area is 124 Å². The molecule has 96 valence electrons. The highest BCUT2D eigenvalue weighted by Gasteiger charge is 2.14. The van der Waals surface area contributed by atoms with Crippen molar-refractivity contribution in [2.45, 2.75) is 19.4 Å². The van der Waals surface area contributed by atoms with E-state index in [4.69, 9.17) is 17.4 Å². The van der Waals surface area contributed by atoms with Crippen molar-refractivity contribution in [3.63, 3.8) is 0 Å². The first-order valence-corrected chi connectivity index (χ1v) is 7.55. The highest BCUT2D eigenvalue weighted by atomic mass is 79.9. The zero-order valence-electron chi connectivity index (χ0n) is 9.91. The van der Waals surface area contributed by atoms with Crippen LogP contribution in [0, 0.1) is 6.92 Å². The normalized spacial score (nSPS) is 12.7. The average Bonchev–Trinajstić information content (AvgIpc) is 2.72. The lowest BCUT2D eigenvalue weighted by Gasteiger charge is -2.18. The average molecular weight is 346 g/mol. The fourth-order valence-electron chi connectivity index (χ4n) is 1.95. The van der Waals surface area contributed by atoms with Crippen LogP contribution >= 0.6 is 38.9 Å². The van der Waals surface area contributed by atoms with Gasteiger partial charge in [0.05, 0.1) is 10.4 Å². The van der Waals surface area contributed by atoms with Crippen LogP contribution in [0.15, 0.2) is 34.8 Å². The topological polar surface area (TPSA) is 38.0 Å². The Bertz CT molecular complexity index is 542. The molecule has 1 aromatic heterocycles. The molecule has 0 amide bonds. The molecule has 18 heavy (non-hydrogen) atoms. The van der Waals surface area contributed by atoms with Crippen LogP contribution in [0.3, 0.4) is 0 Å². The van der Waals surface area contributed by atoms with E-state index in [9.17, 15) is 0 Å². The summed E-state index contributed by atoms with van der Waals surface area (Å²) >= 11 is 11.0. The molecule has 0 fully saturated rings. The monoisotopic (exact) mass is 344 g/mol. The van der Waals surface area contributed by atoms with Gasteiger partial charge in [0.1, 0.15) is 0 Å². The van der Waals surface area contributed by atoms with E-state index in [1.165, 1.54) is 16.0 Å². The Morgan fingerprint density at radius 3 is 2.72 bits per heavy atom. The first-order chi connectivity index (χ1) is 8.60. The van der Waals surface area contributed by atoms with Crippen LogP contribution in [0.2, 0.25) is 4.34 Å². The number of hydrazine groups is 1. The summed E-state index contributed by atoms with van der Waals surface area (Å²) in [4.78, 5) is 1.23. The Kier molecular flexibility index (Phi) is 4.81. The molecule has 1 aromatic carbocycles. The third-order valence-corrected chi connectivity index (χ3v) is 4.59. The van der Waals surface area contributed by atoms with Crippen LogP contribution in [0.1, 0.15) is 22.0 Å². The van der Waals surface area contributed by atoms with Crippen molar-refractivity contribution in [2.24, 2.45) is 5.84 Å². The second-order valence-corrected chi connectivity index (χ2v) is 6.85. The van der Waals surface area contributed by atoms with Crippen molar-refractivity contribution >= 4 is 38.9 Å². The van der Waals surface area contributed by atoms with E-state index in [1.54, 1.807) is 11.3 Å². The third-order valence-electron chi connectivity index (χ3n) is 2.84. The van der Waals surface area contributed by atoms with Gasteiger partial charge in [0.25, 0.3) is 0 Å². The number of nitrogens with one attached hydrogen (secondary N) is 1. The number of hydrogen-bond acceptors (Lipinski definition) is 3. The number of halogens is 2. The van der Waals surface area contributed by atoms with Crippen molar-refractivity contribution in [3.05, 3.63) is 55.1 Å². The molecule has 1 unspecified atom stereocenters. The summed E-state index contributed by atoms with van der Waals surface area (Å²) < 4.78 is 1.90. The fourth-order valence-corrected chi connectivity index (χ4v) is 3.56. The molecule has 2 nitrogen and oxygen atoms in total. The minimum Gasteiger partial charge on any atom is -0.271 e. The van der Waals surface area contributed by atoms with Crippen molar-refractivity contribution in [3.8, 4) is 0 Å². The van der Waals surface area contributed by atoms with Gasteiger partial charge in [-0.2, -0.15) is 0 Å². The van der Waals surface area contributed by atoms with Gasteiger partial charge in [-0.25, -0.2) is 0 Å². The highest BCUT2D eigenvalue weighted by Crippen LogP contribution is 2.28. The number of aryl methyl sites for hydroxylation is 1. The van der Waals surface area contributed by atoms with E-state index in [-0.39, 0.29) is 6.04 Å². The van der Waals surface area contributed by atoms with Gasteiger partial charge in [0, 0.05) is 15.8 Å². The van der Waals surface area contributed by atoms with Gasteiger partial charge in [-0.1, -0.05) is 33.6 Å². The standard InChI is InChI=1S/C13H14BrClN2S/c1-8-6-9(14)2-4-11(8)12(17-16)7-10-3-5-13(15)18-10/h2-6,12,17H,7,16H2,1H3. The van der Waals surface area contributed by atoms with Crippen LogP contribution in [0.4, 0.5) is 0 Å². The molecule has 1 atom stereocenters. The lowest BCUT2D eigenvalue weighted by Crippen LogP contribution is -2.29. The number of rotatable bonds is 4. The Hall–Kier alpha value is -0.390. The van der Waals surface area contributed by atoms with Gasteiger partial charge >= 0.3 is 0 Å².